The first-order valence-electron chi connectivity index (χ1n) is 17.2. The van der Waals surface area contributed by atoms with E-state index in [1.165, 1.54) is 6.07 Å². The van der Waals surface area contributed by atoms with Crippen molar-refractivity contribution in [3.63, 3.8) is 0 Å². The SMILES string of the molecule is O=C(O)CNCC1=Cc2nc1c1cc(S(=O)(=O)NCC(=O)O)c([n-]1)c(-c1ccccc1)c1ccc([n-]1)c(-c1ccccc1)c1ccc([n-]1)c2-c1ccccc1.[Fe+3]. The molecule has 0 saturated carbocycles. The number of hydrogen-bond donors (Lipinski definition) is 4. The molecule has 4 N–H and O–H groups in total. The Balaban J connectivity index is 0.00000480. The van der Waals surface area contributed by atoms with Crippen molar-refractivity contribution in [1.29, 1.82) is 0 Å². The van der Waals surface area contributed by atoms with E-state index in [4.69, 9.17) is 19.9 Å². The van der Waals surface area contributed by atoms with Gasteiger partial charge in [-0.15, -0.1) is 33.1 Å². The van der Waals surface area contributed by atoms with E-state index in [1.54, 1.807) is 6.07 Å². The molecule has 4 aromatic heterocycles. The van der Waals surface area contributed by atoms with Gasteiger partial charge < -0.3 is 30.5 Å². The molecule has 0 spiro atoms. The number of benzene rings is 3. The molecular weight excluding hydrogens is 772 g/mol. The molecule has 0 unspecified atom stereocenters. The van der Waals surface area contributed by atoms with Crippen LogP contribution in [0.3, 0.4) is 0 Å². The average Bonchev–Trinajstić information content (AvgIpc) is 4.01. The average molecular weight is 804 g/mol. The van der Waals surface area contributed by atoms with Gasteiger partial charge in [0.05, 0.1) is 22.8 Å². The van der Waals surface area contributed by atoms with Gasteiger partial charge in [-0.25, -0.2) is 13.4 Å². The third-order valence-electron chi connectivity index (χ3n) is 9.10. The van der Waals surface area contributed by atoms with Crippen LogP contribution in [0.15, 0.2) is 126 Å². The molecular formula is C42H31FeN6O6S. The summed E-state index contributed by atoms with van der Waals surface area (Å²) >= 11 is 0. The fourth-order valence-electron chi connectivity index (χ4n) is 6.74. The molecule has 8 rings (SSSR count). The molecule has 0 saturated heterocycles. The number of aliphatic carboxylic acids is 2. The number of aromatic nitrogens is 4. The predicted octanol–water partition coefficient (Wildman–Crippen LogP) is 5.99. The number of rotatable bonds is 11. The summed E-state index contributed by atoms with van der Waals surface area (Å²) in [5.41, 5.74) is 8.00. The molecule has 0 atom stereocenters. The number of hydrogen-bond acceptors (Lipinski definition) is 6. The molecule has 279 valence electrons. The Morgan fingerprint density at radius 3 is 1.62 bits per heavy atom. The summed E-state index contributed by atoms with van der Waals surface area (Å²) in [6.45, 7) is -1.13. The summed E-state index contributed by atoms with van der Waals surface area (Å²) in [6, 6.07) is 37.3. The molecule has 56 heavy (non-hydrogen) atoms. The second-order valence-corrected chi connectivity index (χ2v) is 14.5. The molecule has 1 aliphatic rings. The van der Waals surface area contributed by atoms with Crippen molar-refractivity contribution >= 4 is 66.7 Å². The van der Waals surface area contributed by atoms with Crippen molar-refractivity contribution < 1.29 is 45.3 Å². The van der Waals surface area contributed by atoms with Gasteiger partial charge in [0.2, 0.25) is 10.0 Å². The van der Waals surface area contributed by atoms with Crippen LogP contribution < -0.4 is 25.0 Å². The van der Waals surface area contributed by atoms with Gasteiger partial charge in [-0.05, 0) is 45.0 Å². The first kappa shape index (κ1) is 38.0. The molecule has 12 nitrogen and oxygen atoms in total. The number of nitrogens with one attached hydrogen (secondary N) is 2. The fourth-order valence-corrected chi connectivity index (χ4v) is 7.88. The Morgan fingerprint density at radius 2 is 1.09 bits per heavy atom. The zero-order valence-electron chi connectivity index (χ0n) is 29.3. The molecule has 3 aromatic carbocycles. The second kappa shape index (κ2) is 15.8. The largest absolute Gasteiger partial charge is 3.00 e. The van der Waals surface area contributed by atoms with E-state index in [1.807, 2.05) is 115 Å². The van der Waals surface area contributed by atoms with Gasteiger partial charge in [-0.2, -0.15) is 4.72 Å². The molecule has 14 heteroatoms. The van der Waals surface area contributed by atoms with Gasteiger partial charge in [0.15, 0.2) is 0 Å². The number of nitrogens with zero attached hydrogens (tertiary/aromatic N) is 4. The molecule has 5 heterocycles. The van der Waals surface area contributed by atoms with Crippen molar-refractivity contribution in [2.24, 2.45) is 0 Å². The number of carboxylic acid groups (broad SMARTS) is 2. The predicted molar refractivity (Wildman–Crippen MR) is 211 cm³/mol. The topological polar surface area (TPSA) is 188 Å². The number of carboxylic acids is 2. The maximum Gasteiger partial charge on any atom is 3.00 e. The monoisotopic (exact) mass is 803 g/mol. The minimum absolute atomic E-state index is 0. The van der Waals surface area contributed by atoms with Crippen LogP contribution in [0.1, 0.15) is 11.4 Å². The molecule has 0 amide bonds. The molecule has 1 radical (unpaired) electrons. The van der Waals surface area contributed by atoms with Crippen molar-refractivity contribution in [3.8, 4) is 33.4 Å². The summed E-state index contributed by atoms with van der Waals surface area (Å²) in [4.78, 5) is 43.2. The maximum absolute atomic E-state index is 14.1. The van der Waals surface area contributed by atoms with Crippen molar-refractivity contribution in [2.45, 2.75) is 4.90 Å². The van der Waals surface area contributed by atoms with Crippen molar-refractivity contribution in [1.82, 2.24) is 30.0 Å². The third-order valence-corrected chi connectivity index (χ3v) is 10.5. The summed E-state index contributed by atoms with van der Waals surface area (Å²) in [5, 5.41) is 21.8. The van der Waals surface area contributed by atoms with Crippen molar-refractivity contribution in [3.05, 3.63) is 133 Å². The van der Waals surface area contributed by atoms with Gasteiger partial charge in [-0.1, -0.05) is 121 Å². The van der Waals surface area contributed by atoms with E-state index in [-0.39, 0.29) is 46.1 Å². The standard InChI is InChI=1S/C42H33N6O6S.Fe/c49-36(50)23-43-22-28-20-33-39(26-12-6-2-7-13-26)31-17-16-29(45-31)38(25-10-4-1-5-11-25)30-18-19-32(46-30)40(27-14-8-3-9-15-27)42-35(21-34(48-42)41(28)47-33)55(53,54)44-24-37(51)52;/h1-21,43-44H,22-24H2,(H4-,45,46,47,48,49,50,51,52);/q-1;+3/p-2. The Hall–Kier alpha value is -6.28. The summed E-state index contributed by atoms with van der Waals surface area (Å²) in [6.07, 6.45) is 1.83. The zero-order chi connectivity index (χ0) is 38.1. The molecule has 0 aliphatic carbocycles. The summed E-state index contributed by atoms with van der Waals surface area (Å²) in [5.74, 6) is -2.42. The van der Waals surface area contributed by atoms with Crippen LogP contribution in [0.4, 0.5) is 0 Å². The molecule has 8 bridgehead atoms. The van der Waals surface area contributed by atoms with Crippen LogP contribution in [0.2, 0.25) is 0 Å². The minimum atomic E-state index is -4.49. The summed E-state index contributed by atoms with van der Waals surface area (Å²) in [7, 11) is -4.49. The van der Waals surface area contributed by atoms with Gasteiger partial charge in [0.1, 0.15) is 6.54 Å². The first-order valence-corrected chi connectivity index (χ1v) is 18.7. The van der Waals surface area contributed by atoms with Crippen molar-refractivity contribution in [2.75, 3.05) is 19.6 Å². The van der Waals surface area contributed by atoms with Crippen LogP contribution in [-0.4, -0.2) is 55.2 Å². The Labute approximate surface area is 331 Å². The Bertz CT molecular complexity index is 2870. The van der Waals surface area contributed by atoms with Crippen LogP contribution in [0, 0.1) is 0 Å². The first-order chi connectivity index (χ1) is 26.7. The maximum atomic E-state index is 14.1. The summed E-state index contributed by atoms with van der Waals surface area (Å²) < 4.78 is 30.3. The Morgan fingerprint density at radius 1 is 0.607 bits per heavy atom. The minimum Gasteiger partial charge on any atom is -0.657 e. The van der Waals surface area contributed by atoms with E-state index >= 15 is 0 Å². The Kier molecular flexibility index (Phi) is 10.7. The van der Waals surface area contributed by atoms with Gasteiger partial charge in [0.25, 0.3) is 0 Å². The third kappa shape index (κ3) is 7.52. The smallest absolute Gasteiger partial charge is 0.657 e. The van der Waals surface area contributed by atoms with E-state index < -0.39 is 28.5 Å². The van der Waals surface area contributed by atoms with E-state index in [9.17, 15) is 28.2 Å². The molecule has 1 aliphatic heterocycles. The van der Waals surface area contributed by atoms with Gasteiger partial charge >= 0.3 is 29.0 Å². The van der Waals surface area contributed by atoms with Crippen LogP contribution in [0.5, 0.6) is 0 Å². The number of sulfonamides is 1. The van der Waals surface area contributed by atoms with Crippen LogP contribution in [0.25, 0.3) is 78.1 Å². The quantitative estimate of drug-likeness (QED) is 0.113. The van der Waals surface area contributed by atoms with Crippen LogP contribution in [-0.2, 0) is 36.7 Å². The fraction of sp³-hybridized carbons (Fsp3) is 0.0714. The zero-order valence-corrected chi connectivity index (χ0v) is 31.2. The van der Waals surface area contributed by atoms with Crippen LogP contribution >= 0.6 is 0 Å². The molecule has 7 aromatic rings. The second-order valence-electron chi connectivity index (χ2n) is 12.7. The van der Waals surface area contributed by atoms with Gasteiger partial charge in [0, 0.05) is 6.54 Å². The number of fused-ring (bicyclic) bond motifs is 9. The van der Waals surface area contributed by atoms with E-state index in [0.29, 0.717) is 55.7 Å². The van der Waals surface area contributed by atoms with Gasteiger partial charge in [-0.3, -0.25) is 9.59 Å². The molecule has 0 fully saturated rings. The van der Waals surface area contributed by atoms with E-state index in [0.717, 1.165) is 16.7 Å². The normalized spacial score (nSPS) is 12.0. The number of carbonyl (C=O) groups is 2. The van der Waals surface area contributed by atoms with E-state index in [2.05, 4.69) is 10.0 Å².